The molecule has 5 N–H and O–H groups in total. The summed E-state index contributed by atoms with van der Waals surface area (Å²) in [4.78, 5) is 68.2. The average molecular weight is 847 g/mol. The van der Waals surface area contributed by atoms with E-state index < -0.39 is 28.7 Å². The fourth-order valence-electron chi connectivity index (χ4n) is 9.41. The number of aryl methyl sites for hydroxylation is 2. The highest BCUT2D eigenvalue weighted by molar-refractivity contribution is 6.20. The summed E-state index contributed by atoms with van der Waals surface area (Å²) in [6.07, 6.45) is 6.44. The van der Waals surface area contributed by atoms with Crippen molar-refractivity contribution in [1.82, 2.24) is 35.0 Å². The summed E-state index contributed by atoms with van der Waals surface area (Å²) in [6.45, 7) is 19.2. The van der Waals surface area contributed by atoms with E-state index in [4.69, 9.17) is 10.5 Å². The van der Waals surface area contributed by atoms with Crippen molar-refractivity contribution < 1.29 is 23.9 Å². The molecule has 0 bridgehead atoms. The first-order valence-corrected chi connectivity index (χ1v) is 22.0. The molecule has 2 aliphatic heterocycles. The predicted octanol–water partition coefficient (Wildman–Crippen LogP) is 5.63. The third kappa shape index (κ3) is 9.30. The maximum absolute atomic E-state index is 14.1. The zero-order valence-electron chi connectivity index (χ0n) is 37.3. The van der Waals surface area contributed by atoms with Gasteiger partial charge in [0.1, 0.15) is 11.6 Å². The van der Waals surface area contributed by atoms with E-state index in [1.54, 1.807) is 43.8 Å². The summed E-state index contributed by atoms with van der Waals surface area (Å²) in [5.41, 5.74) is 11.1. The molecular formula is C47H62N10O5. The minimum absolute atomic E-state index is 0.00589. The van der Waals surface area contributed by atoms with E-state index in [1.807, 2.05) is 24.0 Å². The van der Waals surface area contributed by atoms with E-state index >= 15 is 0 Å². The number of alkyl carbamates (subject to hydrolysis) is 1. The molecule has 62 heavy (non-hydrogen) atoms. The topological polar surface area (TPSA) is 195 Å². The van der Waals surface area contributed by atoms with E-state index in [0.717, 1.165) is 64.9 Å². The molecule has 2 aromatic heterocycles. The van der Waals surface area contributed by atoms with Crippen LogP contribution in [0.5, 0.6) is 0 Å². The Bertz CT molecular complexity index is 2390. The van der Waals surface area contributed by atoms with Crippen LogP contribution in [0.1, 0.15) is 119 Å². The summed E-state index contributed by atoms with van der Waals surface area (Å²) in [7, 11) is 0. The third-order valence-electron chi connectivity index (χ3n) is 12.8. The average Bonchev–Trinajstić information content (AvgIpc) is 3.94. The quantitative estimate of drug-likeness (QED) is 0.131. The minimum atomic E-state index is -0.788. The van der Waals surface area contributed by atoms with Gasteiger partial charge in [0.15, 0.2) is 11.7 Å². The second kappa shape index (κ2) is 17.5. The number of nitrogens with two attached hydrogens (primary N) is 1. The summed E-state index contributed by atoms with van der Waals surface area (Å²) < 4.78 is 7.28. The van der Waals surface area contributed by atoms with Crippen molar-refractivity contribution in [3.05, 3.63) is 76.2 Å². The van der Waals surface area contributed by atoms with Gasteiger partial charge >= 0.3 is 6.09 Å². The molecule has 0 spiro atoms. The fourth-order valence-corrected chi connectivity index (χ4v) is 9.41. The molecule has 15 heteroatoms. The summed E-state index contributed by atoms with van der Waals surface area (Å²) in [6, 6.07) is 11.1. The highest BCUT2D eigenvalue weighted by Crippen LogP contribution is 2.46. The Morgan fingerprint density at radius 2 is 1.81 bits per heavy atom. The highest BCUT2D eigenvalue weighted by Gasteiger charge is 2.41. The molecule has 330 valence electrons. The number of ketones is 1. The molecule has 2 aromatic carbocycles. The van der Waals surface area contributed by atoms with Crippen molar-refractivity contribution in [2.45, 2.75) is 116 Å². The number of carbonyl (C=O) groups excluding carboxylic acids is 4. The number of benzene rings is 2. The number of nitrogen functional groups attached to an aromatic ring is 1. The van der Waals surface area contributed by atoms with Gasteiger partial charge in [-0.05, 0) is 102 Å². The van der Waals surface area contributed by atoms with Crippen molar-refractivity contribution in [2.24, 2.45) is 0 Å². The number of anilines is 2. The normalized spacial score (nSPS) is 19.2. The lowest BCUT2D eigenvalue weighted by Gasteiger charge is -2.39. The number of nitriles is 1. The van der Waals surface area contributed by atoms with Crippen LogP contribution >= 0.6 is 0 Å². The molecule has 3 aliphatic rings. The first kappa shape index (κ1) is 44.2. The smallest absolute Gasteiger partial charge is 0.408 e. The van der Waals surface area contributed by atoms with E-state index in [1.165, 1.54) is 0 Å². The molecule has 2 atom stereocenters. The Morgan fingerprint density at radius 3 is 2.48 bits per heavy atom. The van der Waals surface area contributed by atoms with Gasteiger partial charge in [-0.15, -0.1) is 0 Å². The molecule has 4 aromatic rings. The zero-order valence-corrected chi connectivity index (χ0v) is 37.3. The molecule has 1 aliphatic carbocycles. The maximum Gasteiger partial charge on any atom is 0.408 e. The molecule has 2 fully saturated rings. The largest absolute Gasteiger partial charge is 0.444 e. The number of piperazine rings is 1. The maximum atomic E-state index is 14.1. The van der Waals surface area contributed by atoms with Crippen LogP contribution in [0.15, 0.2) is 42.7 Å². The number of rotatable bonds is 13. The Balaban J connectivity index is 0.909. The van der Waals surface area contributed by atoms with Crippen molar-refractivity contribution in [3.63, 3.8) is 0 Å². The van der Waals surface area contributed by atoms with Crippen molar-refractivity contribution in [1.29, 1.82) is 5.26 Å². The second-order valence-corrected chi connectivity index (χ2v) is 18.9. The van der Waals surface area contributed by atoms with E-state index in [-0.39, 0.29) is 17.6 Å². The van der Waals surface area contributed by atoms with E-state index in [0.29, 0.717) is 82.0 Å². The van der Waals surface area contributed by atoms with Gasteiger partial charge in [-0.3, -0.25) is 14.4 Å². The first-order valence-electron chi connectivity index (χ1n) is 22.0. The van der Waals surface area contributed by atoms with Gasteiger partial charge in [0, 0.05) is 97.9 Å². The van der Waals surface area contributed by atoms with Crippen LogP contribution in [0.2, 0.25) is 0 Å². The molecule has 0 radical (unpaired) electrons. The number of amides is 3. The fraction of sp³-hybridized carbons (Fsp3) is 0.532. The molecule has 3 amide bonds. The minimum Gasteiger partial charge on any atom is -0.444 e. The summed E-state index contributed by atoms with van der Waals surface area (Å²) >= 11 is 0. The Kier molecular flexibility index (Phi) is 12.5. The van der Waals surface area contributed by atoms with Crippen LogP contribution in [0.4, 0.5) is 16.4 Å². The number of H-pyrrole nitrogens is 1. The number of nitrogens with zero attached hydrogens (tertiary/aromatic N) is 6. The van der Waals surface area contributed by atoms with Gasteiger partial charge in [-0.25, -0.2) is 9.78 Å². The highest BCUT2D eigenvalue weighted by atomic mass is 16.6. The third-order valence-corrected chi connectivity index (χ3v) is 12.8. The van der Waals surface area contributed by atoms with Gasteiger partial charge in [-0.1, -0.05) is 26.8 Å². The SMILES string of the molecule is CCc1cc2c(cc1N1CCN(C(=O)CCCN3CC[C@@](C)(NC(=O)[C@H](CCCn4ccnc4N)NC(=O)OC(C)(C)C)C3)CC1)C(C)(C)c1[nH]c3cc(C#N)ccc3c1C2=O. The number of aromatic nitrogens is 3. The summed E-state index contributed by atoms with van der Waals surface area (Å²) in [5, 5.41) is 16.3. The molecular weight excluding hydrogens is 785 g/mol. The lowest BCUT2D eigenvalue weighted by molar-refractivity contribution is -0.131. The molecule has 4 heterocycles. The molecule has 2 saturated heterocycles. The van der Waals surface area contributed by atoms with Gasteiger partial charge in [0.05, 0.1) is 22.7 Å². The van der Waals surface area contributed by atoms with Crippen LogP contribution in [0, 0.1) is 11.3 Å². The second-order valence-electron chi connectivity index (χ2n) is 18.9. The monoisotopic (exact) mass is 846 g/mol. The van der Waals surface area contributed by atoms with E-state index in [9.17, 15) is 24.4 Å². The zero-order chi connectivity index (χ0) is 44.6. The number of carbonyl (C=O) groups is 4. The van der Waals surface area contributed by atoms with Crippen molar-refractivity contribution >= 4 is 46.2 Å². The van der Waals surface area contributed by atoms with Crippen LogP contribution in [-0.4, -0.2) is 111 Å². The van der Waals surface area contributed by atoms with Crippen LogP contribution in [0.3, 0.4) is 0 Å². The standard InChI is InChI=1S/C47H62N10O5/c1-8-31-26-33-34(46(5,6)41-39(40(33)59)32-14-13-30(28-48)25-36(32)51-41)27-37(31)55-21-23-56(24-22-55)38(58)12-10-17-54-19-15-47(7,29-54)53-42(60)35(52-44(61)62-45(2,3)4)11-9-18-57-20-16-50-43(57)49/h13-14,16,20,25-27,35,51H,8-12,15,17-19,21-24,29H2,1-7H3,(H2,49,50)(H,52,61)(H,53,60)/t35-,47+/m0/s1. The summed E-state index contributed by atoms with van der Waals surface area (Å²) in [5.74, 6) is 0.291. The van der Waals surface area contributed by atoms with Crippen LogP contribution < -0.4 is 21.3 Å². The number of fused-ring (bicyclic) bond motifs is 4. The van der Waals surface area contributed by atoms with Gasteiger partial charge in [-0.2, -0.15) is 5.26 Å². The number of hydrogen-bond acceptors (Lipinski definition) is 10. The van der Waals surface area contributed by atoms with Crippen molar-refractivity contribution in [3.8, 4) is 6.07 Å². The Labute approximate surface area is 364 Å². The van der Waals surface area contributed by atoms with E-state index in [2.05, 4.69) is 69.4 Å². The predicted molar refractivity (Wildman–Crippen MR) is 239 cm³/mol. The van der Waals surface area contributed by atoms with Gasteiger partial charge < -0.3 is 45.4 Å². The number of nitrogens with one attached hydrogen (secondary N) is 3. The Morgan fingerprint density at radius 1 is 1.05 bits per heavy atom. The lowest BCUT2D eigenvalue weighted by atomic mass is 9.70. The van der Waals surface area contributed by atoms with Crippen LogP contribution in [0.25, 0.3) is 10.9 Å². The number of imidazole rings is 1. The number of aromatic amines is 1. The molecule has 0 unspecified atom stereocenters. The first-order chi connectivity index (χ1) is 29.4. The van der Waals surface area contributed by atoms with Crippen LogP contribution in [-0.2, 0) is 32.7 Å². The molecule has 0 saturated carbocycles. The lowest BCUT2D eigenvalue weighted by Crippen LogP contribution is -2.55. The molecule has 7 rings (SSSR count). The van der Waals surface area contributed by atoms with Crippen molar-refractivity contribution in [2.75, 3.05) is 56.4 Å². The van der Waals surface area contributed by atoms with Gasteiger partial charge in [0.25, 0.3) is 0 Å². The number of likely N-dealkylation sites (tertiary alicyclic amines) is 1. The molecule has 15 nitrogen and oxygen atoms in total. The number of ether oxygens (including phenoxy) is 1. The van der Waals surface area contributed by atoms with Gasteiger partial charge in [0.2, 0.25) is 11.8 Å². The Hall–Kier alpha value is -5.88. The number of hydrogen-bond donors (Lipinski definition) is 4.